The maximum atomic E-state index is 13.0. The Balaban J connectivity index is 2.09. The Hall–Kier alpha value is -3.23. The van der Waals surface area contributed by atoms with Gasteiger partial charge in [0.05, 0.1) is 12.4 Å². The molecule has 4 unspecified atom stereocenters. The lowest BCUT2D eigenvalue weighted by molar-refractivity contribution is -0.141. The molecule has 8 N–H and O–H groups in total. The Bertz CT molecular complexity index is 1000. The number of carboxylic acid groups (broad SMARTS) is 1. The number of amides is 3. The van der Waals surface area contributed by atoms with E-state index in [4.69, 9.17) is 10.8 Å². The van der Waals surface area contributed by atoms with Gasteiger partial charge in [-0.3, -0.25) is 14.4 Å². The molecular formula is C21H28N6O6S2. The zero-order valence-corrected chi connectivity index (χ0v) is 20.3. The number of aliphatic carboxylic acids is 1. The van der Waals surface area contributed by atoms with Crippen LogP contribution < -0.4 is 21.7 Å². The van der Waals surface area contributed by atoms with Crippen LogP contribution in [0, 0.1) is 0 Å². The zero-order chi connectivity index (χ0) is 26.0. The van der Waals surface area contributed by atoms with Crippen LogP contribution in [-0.4, -0.2) is 79.5 Å². The number of nitrogens with two attached hydrogens (primary N) is 1. The number of aromatic nitrogens is 2. The van der Waals surface area contributed by atoms with Crippen molar-refractivity contribution in [3.05, 3.63) is 48.0 Å². The summed E-state index contributed by atoms with van der Waals surface area (Å²) in [7, 11) is 0. The van der Waals surface area contributed by atoms with Crippen molar-refractivity contribution in [3.8, 4) is 5.75 Å². The number of H-pyrrole nitrogens is 1. The molecule has 2 aromatic rings. The number of benzene rings is 1. The molecule has 12 nitrogen and oxygen atoms in total. The number of phenols is 1. The van der Waals surface area contributed by atoms with E-state index in [0.717, 1.165) is 0 Å². The number of nitrogens with zero attached hydrogens (tertiary/aromatic N) is 1. The number of hydrogen-bond donors (Lipinski definition) is 9. The average molecular weight is 525 g/mol. The lowest BCUT2D eigenvalue weighted by atomic mass is 10.0. The van der Waals surface area contributed by atoms with E-state index in [-0.39, 0.29) is 30.1 Å². The molecule has 0 bridgehead atoms. The Morgan fingerprint density at radius 3 is 2.03 bits per heavy atom. The van der Waals surface area contributed by atoms with Crippen LogP contribution in [0.4, 0.5) is 0 Å². The van der Waals surface area contributed by atoms with E-state index in [0.29, 0.717) is 11.3 Å². The summed E-state index contributed by atoms with van der Waals surface area (Å²) in [6.07, 6.45) is 3.08. The molecule has 4 atom stereocenters. The van der Waals surface area contributed by atoms with E-state index in [1.165, 1.54) is 24.7 Å². The lowest BCUT2D eigenvalue weighted by Crippen LogP contribution is -2.58. The van der Waals surface area contributed by atoms with Crippen molar-refractivity contribution in [2.45, 2.75) is 37.0 Å². The van der Waals surface area contributed by atoms with Crippen LogP contribution in [0.3, 0.4) is 0 Å². The normalized spacial score (nSPS) is 14.3. The molecule has 0 spiro atoms. The summed E-state index contributed by atoms with van der Waals surface area (Å²) in [5, 5.41) is 25.9. The van der Waals surface area contributed by atoms with Crippen molar-refractivity contribution in [2.24, 2.45) is 5.73 Å². The smallest absolute Gasteiger partial charge is 0.327 e. The molecule has 1 heterocycles. The molecule has 190 valence electrons. The van der Waals surface area contributed by atoms with Crippen molar-refractivity contribution in [2.75, 3.05) is 11.5 Å². The summed E-state index contributed by atoms with van der Waals surface area (Å²) in [5.41, 5.74) is 7.28. The number of aromatic amines is 1. The molecule has 1 aromatic heterocycles. The van der Waals surface area contributed by atoms with Gasteiger partial charge in [0.2, 0.25) is 17.7 Å². The molecule has 0 fully saturated rings. The van der Waals surface area contributed by atoms with Gasteiger partial charge in [-0.25, -0.2) is 9.78 Å². The molecular weight excluding hydrogens is 496 g/mol. The third-order valence-corrected chi connectivity index (χ3v) is 5.68. The van der Waals surface area contributed by atoms with E-state index in [1.54, 1.807) is 12.1 Å². The molecule has 3 amide bonds. The second-order valence-corrected chi connectivity index (χ2v) is 8.38. The van der Waals surface area contributed by atoms with E-state index < -0.39 is 47.9 Å². The SMILES string of the molecule is NC(Cc1ccc(O)cc1)C(=O)NC(Cc1cnc[nH]1)C(=O)NC(CS)C(=O)NC(CS)C(=O)O. The van der Waals surface area contributed by atoms with Crippen molar-refractivity contribution in [1.29, 1.82) is 0 Å². The Kier molecular flexibility index (Phi) is 10.9. The van der Waals surface area contributed by atoms with Crippen LogP contribution in [0.25, 0.3) is 0 Å². The molecule has 35 heavy (non-hydrogen) atoms. The number of nitrogens with one attached hydrogen (secondary N) is 4. The van der Waals surface area contributed by atoms with Gasteiger partial charge in [-0.1, -0.05) is 12.1 Å². The molecule has 0 aliphatic heterocycles. The molecule has 0 saturated carbocycles. The van der Waals surface area contributed by atoms with Crippen molar-refractivity contribution in [1.82, 2.24) is 25.9 Å². The van der Waals surface area contributed by atoms with Gasteiger partial charge in [-0.2, -0.15) is 25.3 Å². The number of phenolic OH excluding ortho intramolecular Hbond substituents is 1. The van der Waals surface area contributed by atoms with E-state index in [2.05, 4.69) is 51.2 Å². The van der Waals surface area contributed by atoms with Gasteiger partial charge < -0.3 is 36.9 Å². The number of carbonyl (C=O) groups is 4. The first-order chi connectivity index (χ1) is 16.6. The number of rotatable bonds is 13. The molecule has 14 heteroatoms. The second-order valence-electron chi connectivity index (χ2n) is 7.64. The summed E-state index contributed by atoms with van der Waals surface area (Å²) in [6, 6.07) is 1.67. The fourth-order valence-corrected chi connectivity index (χ4v) is 3.51. The van der Waals surface area contributed by atoms with Crippen molar-refractivity contribution in [3.63, 3.8) is 0 Å². The van der Waals surface area contributed by atoms with Crippen molar-refractivity contribution >= 4 is 48.9 Å². The largest absolute Gasteiger partial charge is 0.508 e. The standard InChI is InChI=1S/C21H28N6O6S2/c22-14(5-11-1-3-13(28)4-2-11)18(29)25-15(6-12-7-23-10-24-12)19(30)26-16(8-34)20(31)27-17(9-35)21(32)33/h1-4,7,10,14-17,28,34-35H,5-6,8-9,22H2,(H,23,24)(H,25,29)(H,26,30)(H,27,31)(H,32,33). The van der Waals surface area contributed by atoms with Gasteiger partial charge in [0.15, 0.2) is 0 Å². The Morgan fingerprint density at radius 1 is 0.914 bits per heavy atom. The quantitative estimate of drug-likeness (QED) is 0.143. The minimum atomic E-state index is -1.27. The maximum absolute atomic E-state index is 13.0. The highest BCUT2D eigenvalue weighted by atomic mass is 32.1. The molecule has 0 aliphatic rings. The predicted molar refractivity (Wildman–Crippen MR) is 133 cm³/mol. The van der Waals surface area contributed by atoms with Crippen LogP contribution in [-0.2, 0) is 32.0 Å². The average Bonchev–Trinajstić information content (AvgIpc) is 3.34. The van der Waals surface area contributed by atoms with Gasteiger partial charge in [0.25, 0.3) is 0 Å². The number of carbonyl (C=O) groups excluding carboxylic acids is 3. The van der Waals surface area contributed by atoms with Crippen LogP contribution in [0.5, 0.6) is 5.75 Å². The number of aromatic hydroxyl groups is 1. The van der Waals surface area contributed by atoms with E-state index >= 15 is 0 Å². The van der Waals surface area contributed by atoms with Crippen molar-refractivity contribution < 1.29 is 29.4 Å². The van der Waals surface area contributed by atoms with Gasteiger partial charge in [-0.05, 0) is 24.1 Å². The summed E-state index contributed by atoms with van der Waals surface area (Å²) in [4.78, 5) is 56.1. The summed E-state index contributed by atoms with van der Waals surface area (Å²) < 4.78 is 0. The highest BCUT2D eigenvalue weighted by Crippen LogP contribution is 2.11. The third-order valence-electron chi connectivity index (χ3n) is 4.95. The van der Waals surface area contributed by atoms with Gasteiger partial charge >= 0.3 is 5.97 Å². The second kappa shape index (κ2) is 13.6. The first-order valence-corrected chi connectivity index (χ1v) is 11.8. The van der Waals surface area contributed by atoms with Crippen LogP contribution in [0.1, 0.15) is 11.3 Å². The van der Waals surface area contributed by atoms with Gasteiger partial charge in [-0.15, -0.1) is 0 Å². The fourth-order valence-electron chi connectivity index (χ4n) is 3.01. The van der Waals surface area contributed by atoms with Crippen LogP contribution in [0.2, 0.25) is 0 Å². The first-order valence-electron chi connectivity index (χ1n) is 10.5. The zero-order valence-electron chi connectivity index (χ0n) is 18.5. The highest BCUT2D eigenvalue weighted by molar-refractivity contribution is 7.80. The summed E-state index contributed by atoms with van der Waals surface area (Å²) >= 11 is 7.97. The predicted octanol–water partition coefficient (Wildman–Crippen LogP) is -1.37. The van der Waals surface area contributed by atoms with Gasteiger partial charge in [0, 0.05) is 29.8 Å². The van der Waals surface area contributed by atoms with Gasteiger partial charge in [0.1, 0.15) is 23.9 Å². The Morgan fingerprint density at radius 2 is 1.49 bits per heavy atom. The van der Waals surface area contributed by atoms with Crippen LogP contribution >= 0.6 is 25.3 Å². The minimum absolute atomic E-state index is 0.0266. The number of carboxylic acids is 1. The molecule has 0 saturated heterocycles. The molecule has 0 radical (unpaired) electrons. The summed E-state index contributed by atoms with van der Waals surface area (Å²) in [5.74, 6) is -3.53. The number of thiol groups is 2. The minimum Gasteiger partial charge on any atom is -0.508 e. The van der Waals surface area contributed by atoms with E-state index in [9.17, 15) is 24.3 Å². The third kappa shape index (κ3) is 8.81. The molecule has 0 aliphatic carbocycles. The lowest BCUT2D eigenvalue weighted by Gasteiger charge is -2.24. The van der Waals surface area contributed by atoms with Crippen LogP contribution in [0.15, 0.2) is 36.8 Å². The topological polar surface area (TPSA) is 200 Å². The molecule has 2 rings (SSSR count). The molecule has 1 aromatic carbocycles. The number of imidazole rings is 1. The number of hydrogen-bond acceptors (Lipinski definition) is 9. The first kappa shape index (κ1) is 28.0. The van der Waals surface area contributed by atoms with E-state index in [1.807, 2.05) is 0 Å². The monoisotopic (exact) mass is 524 g/mol. The fraction of sp³-hybridized carbons (Fsp3) is 0.381. The highest BCUT2D eigenvalue weighted by Gasteiger charge is 2.30. The maximum Gasteiger partial charge on any atom is 0.327 e. The summed E-state index contributed by atoms with van der Waals surface area (Å²) in [6.45, 7) is 0. The Labute approximate surface area is 212 Å².